The number of halogens is 4. The van der Waals surface area contributed by atoms with Gasteiger partial charge in [-0.2, -0.15) is 13.2 Å². The molecular weight excluding hydrogens is 491 g/mol. The van der Waals surface area contributed by atoms with E-state index in [9.17, 15) is 27.9 Å². The lowest BCUT2D eigenvalue weighted by Crippen LogP contribution is -2.29. The maximum absolute atomic E-state index is 13.2. The molecule has 3 aromatic rings. The number of thiophene rings is 1. The van der Waals surface area contributed by atoms with E-state index in [2.05, 4.69) is 0 Å². The van der Waals surface area contributed by atoms with Gasteiger partial charge in [0.1, 0.15) is 11.5 Å². The van der Waals surface area contributed by atoms with Crippen LogP contribution in [0.3, 0.4) is 0 Å². The SMILES string of the molecule is COc1ccc(/C(O)=C2/C(=O)C(=O)N(Cc3cccc(C(F)(F)F)c3)C2c2cccs2)cc1Cl. The van der Waals surface area contributed by atoms with Gasteiger partial charge in [-0.3, -0.25) is 9.59 Å². The van der Waals surface area contributed by atoms with Gasteiger partial charge in [-0.15, -0.1) is 11.3 Å². The van der Waals surface area contributed by atoms with E-state index in [1.807, 2.05) is 0 Å². The third kappa shape index (κ3) is 4.41. The lowest BCUT2D eigenvalue weighted by Gasteiger charge is -2.24. The quantitative estimate of drug-likeness (QED) is 0.259. The number of ketones is 1. The highest BCUT2D eigenvalue weighted by Crippen LogP contribution is 2.42. The van der Waals surface area contributed by atoms with Crippen LogP contribution in [0.2, 0.25) is 5.02 Å². The summed E-state index contributed by atoms with van der Waals surface area (Å²) in [6.45, 7) is -0.253. The Labute approximate surface area is 201 Å². The summed E-state index contributed by atoms with van der Waals surface area (Å²) in [5.41, 5.74) is -0.627. The number of carbonyl (C=O) groups excluding carboxylic acids is 2. The molecule has 34 heavy (non-hydrogen) atoms. The molecule has 0 aliphatic carbocycles. The molecule has 1 N–H and O–H groups in total. The maximum atomic E-state index is 13.2. The van der Waals surface area contributed by atoms with Crippen LogP contribution in [0.15, 0.2) is 65.6 Å². The van der Waals surface area contributed by atoms with Crippen molar-refractivity contribution in [1.29, 1.82) is 0 Å². The second-order valence-electron chi connectivity index (χ2n) is 7.49. The number of ether oxygens (including phenoxy) is 1. The van der Waals surface area contributed by atoms with Crippen LogP contribution in [0, 0.1) is 0 Å². The molecule has 4 rings (SSSR count). The number of methoxy groups -OCH3 is 1. The van der Waals surface area contributed by atoms with Gasteiger partial charge in [0.2, 0.25) is 0 Å². The van der Waals surface area contributed by atoms with Gasteiger partial charge < -0.3 is 14.7 Å². The highest BCUT2D eigenvalue weighted by Gasteiger charge is 2.46. The van der Waals surface area contributed by atoms with E-state index >= 15 is 0 Å². The molecule has 1 aliphatic heterocycles. The van der Waals surface area contributed by atoms with E-state index in [4.69, 9.17) is 16.3 Å². The number of Topliss-reactive ketones (excluding diaryl/α,β-unsaturated/α-hetero) is 1. The van der Waals surface area contributed by atoms with Crippen molar-refractivity contribution in [2.75, 3.05) is 7.11 Å². The van der Waals surface area contributed by atoms with Crippen LogP contribution in [0.4, 0.5) is 13.2 Å². The minimum absolute atomic E-state index is 0.166. The first-order valence-electron chi connectivity index (χ1n) is 9.93. The Morgan fingerprint density at radius 1 is 1.15 bits per heavy atom. The highest BCUT2D eigenvalue weighted by atomic mass is 35.5. The molecule has 2 aromatic carbocycles. The van der Waals surface area contributed by atoms with Crippen molar-refractivity contribution in [2.45, 2.75) is 18.8 Å². The smallest absolute Gasteiger partial charge is 0.416 e. The number of nitrogens with zero attached hydrogens (tertiary/aromatic N) is 1. The van der Waals surface area contributed by atoms with Crippen LogP contribution in [-0.4, -0.2) is 28.8 Å². The third-order valence-electron chi connectivity index (χ3n) is 5.39. The molecule has 1 saturated heterocycles. The number of benzene rings is 2. The topological polar surface area (TPSA) is 66.8 Å². The number of hydrogen-bond acceptors (Lipinski definition) is 5. The molecule has 176 valence electrons. The Hall–Kier alpha value is -3.30. The molecule has 1 atom stereocenters. The number of hydrogen-bond donors (Lipinski definition) is 1. The number of carbonyl (C=O) groups is 2. The minimum atomic E-state index is -4.55. The second-order valence-corrected chi connectivity index (χ2v) is 8.88. The molecule has 1 amide bonds. The van der Waals surface area contributed by atoms with Crippen molar-refractivity contribution in [3.63, 3.8) is 0 Å². The van der Waals surface area contributed by atoms with E-state index in [0.717, 1.165) is 12.1 Å². The number of rotatable bonds is 5. The Balaban J connectivity index is 1.80. The van der Waals surface area contributed by atoms with Crippen molar-refractivity contribution in [3.05, 3.63) is 92.1 Å². The van der Waals surface area contributed by atoms with E-state index in [0.29, 0.717) is 10.6 Å². The van der Waals surface area contributed by atoms with Crippen molar-refractivity contribution in [2.24, 2.45) is 0 Å². The summed E-state index contributed by atoms with van der Waals surface area (Å²) >= 11 is 7.41. The van der Waals surface area contributed by atoms with Crippen molar-refractivity contribution < 1.29 is 32.6 Å². The van der Waals surface area contributed by atoms with Gasteiger partial charge in [-0.05, 0) is 47.3 Å². The van der Waals surface area contributed by atoms with Crippen LogP contribution in [0.1, 0.15) is 27.6 Å². The predicted octanol–water partition coefficient (Wildman–Crippen LogP) is 6.05. The first-order chi connectivity index (χ1) is 16.1. The lowest BCUT2D eigenvalue weighted by atomic mass is 9.99. The zero-order chi connectivity index (χ0) is 24.6. The van der Waals surface area contributed by atoms with Crippen LogP contribution in [0.25, 0.3) is 5.76 Å². The Kier molecular flexibility index (Phi) is 6.42. The molecule has 10 heteroatoms. The molecule has 1 unspecified atom stereocenters. The van der Waals surface area contributed by atoms with Gasteiger partial charge in [-0.1, -0.05) is 29.8 Å². The van der Waals surface area contributed by atoms with Gasteiger partial charge in [0.05, 0.1) is 29.3 Å². The normalized spacial score (nSPS) is 17.9. The summed E-state index contributed by atoms with van der Waals surface area (Å²) in [5.74, 6) is -1.93. The van der Waals surface area contributed by atoms with Crippen LogP contribution >= 0.6 is 22.9 Å². The molecule has 0 spiro atoms. The summed E-state index contributed by atoms with van der Waals surface area (Å²) in [4.78, 5) is 27.7. The largest absolute Gasteiger partial charge is 0.507 e. The van der Waals surface area contributed by atoms with Crippen LogP contribution < -0.4 is 4.74 Å². The molecule has 1 aromatic heterocycles. The van der Waals surface area contributed by atoms with E-state index in [1.54, 1.807) is 17.5 Å². The third-order valence-corrected chi connectivity index (χ3v) is 6.61. The monoisotopic (exact) mass is 507 g/mol. The van der Waals surface area contributed by atoms with Gasteiger partial charge in [-0.25, -0.2) is 0 Å². The summed E-state index contributed by atoms with van der Waals surface area (Å²) in [6, 6.07) is 11.4. The second kappa shape index (κ2) is 9.15. The van der Waals surface area contributed by atoms with Crippen LogP contribution in [0.5, 0.6) is 5.75 Å². The average Bonchev–Trinajstić information content (AvgIpc) is 3.41. The van der Waals surface area contributed by atoms with Crippen molar-refractivity contribution in [3.8, 4) is 5.75 Å². The number of alkyl halides is 3. The molecule has 0 saturated carbocycles. The fourth-order valence-corrected chi connectivity index (χ4v) is 4.90. The number of likely N-dealkylation sites (tertiary alicyclic amines) is 1. The van der Waals surface area contributed by atoms with Gasteiger partial charge in [0.25, 0.3) is 11.7 Å². The first-order valence-corrected chi connectivity index (χ1v) is 11.2. The number of aliphatic hydroxyl groups is 1. The minimum Gasteiger partial charge on any atom is -0.507 e. The maximum Gasteiger partial charge on any atom is 0.416 e. The molecule has 0 radical (unpaired) electrons. The first kappa shape index (κ1) is 23.8. The number of aliphatic hydroxyl groups excluding tert-OH is 1. The zero-order valence-corrected chi connectivity index (χ0v) is 19.2. The van der Waals surface area contributed by atoms with E-state index < -0.39 is 35.2 Å². The summed E-state index contributed by atoms with van der Waals surface area (Å²) in [6.07, 6.45) is -4.55. The summed E-state index contributed by atoms with van der Waals surface area (Å²) in [7, 11) is 1.43. The van der Waals surface area contributed by atoms with Gasteiger partial charge >= 0.3 is 6.18 Å². The summed E-state index contributed by atoms with van der Waals surface area (Å²) in [5, 5.41) is 13.0. The van der Waals surface area contributed by atoms with E-state index in [-0.39, 0.29) is 28.3 Å². The Morgan fingerprint density at radius 2 is 1.91 bits per heavy atom. The van der Waals surface area contributed by atoms with Crippen LogP contribution in [-0.2, 0) is 22.3 Å². The average molecular weight is 508 g/mol. The Bertz CT molecular complexity index is 1290. The molecule has 1 aliphatic rings. The van der Waals surface area contributed by atoms with Crippen molar-refractivity contribution >= 4 is 40.4 Å². The number of amides is 1. The molecule has 1 fully saturated rings. The molecule has 2 heterocycles. The van der Waals surface area contributed by atoms with Gasteiger partial charge in [0, 0.05) is 17.0 Å². The molecule has 0 bridgehead atoms. The Morgan fingerprint density at radius 3 is 2.53 bits per heavy atom. The standard InChI is InChI=1S/C24H17ClF3NO4S/c1-33-17-8-7-14(11-16(17)25)21(30)19-20(18-6-3-9-34-18)29(23(32)22(19)31)12-13-4-2-5-15(10-13)24(26,27)28/h2-11,20,30H,12H2,1H3/b21-19-. The fourth-order valence-electron chi connectivity index (χ4n) is 3.80. The lowest BCUT2D eigenvalue weighted by molar-refractivity contribution is -0.140. The zero-order valence-electron chi connectivity index (χ0n) is 17.6. The highest BCUT2D eigenvalue weighted by molar-refractivity contribution is 7.10. The summed E-state index contributed by atoms with van der Waals surface area (Å²) < 4.78 is 44.6. The van der Waals surface area contributed by atoms with Crippen molar-refractivity contribution in [1.82, 2.24) is 4.90 Å². The predicted molar refractivity (Wildman–Crippen MR) is 122 cm³/mol. The van der Waals surface area contributed by atoms with Gasteiger partial charge in [0.15, 0.2) is 0 Å². The molecular formula is C24H17ClF3NO4S. The molecule has 5 nitrogen and oxygen atoms in total. The fraction of sp³-hybridized carbons (Fsp3) is 0.167. The van der Waals surface area contributed by atoms with E-state index in [1.165, 1.54) is 53.7 Å².